The Hall–Kier alpha value is -2.73. The summed E-state index contributed by atoms with van der Waals surface area (Å²) in [4.78, 5) is 16.1. The molecule has 3 aromatic rings. The van der Waals surface area contributed by atoms with Gasteiger partial charge in [-0.05, 0) is 42.3 Å². The number of aromatic nitrogens is 2. The van der Waals surface area contributed by atoms with E-state index in [4.69, 9.17) is 0 Å². The fourth-order valence-corrected chi connectivity index (χ4v) is 2.93. The molecule has 0 unspecified atom stereocenters. The minimum absolute atomic E-state index is 0.240. The zero-order valence-electron chi connectivity index (χ0n) is 14.1. The van der Waals surface area contributed by atoms with Crippen molar-refractivity contribution in [3.05, 3.63) is 88.2 Å². The first-order valence-electron chi connectivity index (χ1n) is 8.04. The van der Waals surface area contributed by atoms with E-state index >= 15 is 0 Å². The number of imidazole rings is 1. The van der Waals surface area contributed by atoms with Crippen molar-refractivity contribution in [3.8, 4) is 5.69 Å². The molecular formula is C20H17BrFN3O. The Morgan fingerprint density at radius 2 is 2.12 bits per heavy atom. The molecule has 0 fully saturated rings. The Labute approximate surface area is 159 Å². The topological polar surface area (TPSA) is 46.9 Å². The van der Waals surface area contributed by atoms with Gasteiger partial charge in [0.15, 0.2) is 0 Å². The Balaban J connectivity index is 1.63. The van der Waals surface area contributed by atoms with E-state index in [1.807, 2.05) is 31.2 Å². The first kappa shape index (κ1) is 18.1. The molecule has 4 nitrogen and oxygen atoms in total. The molecule has 0 aliphatic rings. The van der Waals surface area contributed by atoms with Crippen LogP contribution >= 0.6 is 15.9 Å². The van der Waals surface area contributed by atoms with Crippen LogP contribution in [0.25, 0.3) is 11.8 Å². The van der Waals surface area contributed by atoms with Crippen molar-refractivity contribution in [2.24, 2.45) is 0 Å². The number of nitrogens with zero attached hydrogens (tertiary/aromatic N) is 2. The lowest BCUT2D eigenvalue weighted by molar-refractivity contribution is -0.116. The van der Waals surface area contributed by atoms with Gasteiger partial charge in [-0.1, -0.05) is 40.2 Å². The van der Waals surface area contributed by atoms with E-state index in [9.17, 15) is 9.18 Å². The number of amides is 1. The number of nitrogens with one attached hydrogen (secondary N) is 1. The van der Waals surface area contributed by atoms with Crippen molar-refractivity contribution < 1.29 is 9.18 Å². The number of hydrogen-bond acceptors (Lipinski definition) is 2. The molecule has 1 heterocycles. The van der Waals surface area contributed by atoms with Gasteiger partial charge in [0.2, 0.25) is 5.91 Å². The molecule has 0 saturated carbocycles. The molecule has 0 aliphatic heterocycles. The van der Waals surface area contributed by atoms with Gasteiger partial charge in [0.05, 0.1) is 5.69 Å². The van der Waals surface area contributed by atoms with Gasteiger partial charge in [0.1, 0.15) is 11.6 Å². The van der Waals surface area contributed by atoms with Crippen molar-refractivity contribution >= 4 is 27.9 Å². The minimum Gasteiger partial charge on any atom is -0.348 e. The van der Waals surface area contributed by atoms with Gasteiger partial charge in [-0.15, -0.1) is 0 Å². The molecular weight excluding hydrogens is 397 g/mol. The predicted molar refractivity (Wildman–Crippen MR) is 103 cm³/mol. The zero-order valence-corrected chi connectivity index (χ0v) is 15.7. The molecule has 0 aliphatic carbocycles. The normalized spacial score (nSPS) is 11.0. The van der Waals surface area contributed by atoms with Crippen molar-refractivity contribution in [1.82, 2.24) is 14.9 Å². The number of carbonyl (C=O) groups is 1. The molecule has 0 saturated heterocycles. The summed E-state index contributed by atoms with van der Waals surface area (Å²) < 4.78 is 16.9. The maximum atomic E-state index is 14.4. The second kappa shape index (κ2) is 8.10. The smallest absolute Gasteiger partial charge is 0.244 e. The summed E-state index contributed by atoms with van der Waals surface area (Å²) in [5.41, 5.74) is 2.03. The Morgan fingerprint density at radius 3 is 2.81 bits per heavy atom. The standard InChI is InChI=1S/C20H17BrFN3O/c1-14-23-10-11-25(14)19-8-6-15(12-18(19)22)13-24-20(26)9-7-16-4-2-3-5-17(16)21/h2-12H,13H2,1H3,(H,24,26)/b9-7+. The highest BCUT2D eigenvalue weighted by Crippen LogP contribution is 2.18. The van der Waals surface area contributed by atoms with Gasteiger partial charge in [-0.2, -0.15) is 0 Å². The molecule has 6 heteroatoms. The largest absolute Gasteiger partial charge is 0.348 e. The predicted octanol–water partition coefficient (Wildman–Crippen LogP) is 4.41. The average Bonchev–Trinajstić information content (AvgIpc) is 3.05. The highest BCUT2D eigenvalue weighted by molar-refractivity contribution is 9.10. The number of hydrogen-bond donors (Lipinski definition) is 1. The third kappa shape index (κ3) is 4.26. The van der Waals surface area contributed by atoms with Crippen LogP contribution in [0.15, 0.2) is 65.4 Å². The Kier molecular flexibility index (Phi) is 5.63. The quantitative estimate of drug-likeness (QED) is 0.629. The Morgan fingerprint density at radius 1 is 1.31 bits per heavy atom. The van der Waals surface area contributed by atoms with Crippen molar-refractivity contribution in [3.63, 3.8) is 0 Å². The van der Waals surface area contributed by atoms with E-state index in [1.54, 1.807) is 35.2 Å². The van der Waals surface area contributed by atoms with Crippen molar-refractivity contribution in [1.29, 1.82) is 0 Å². The first-order chi connectivity index (χ1) is 12.5. The summed E-state index contributed by atoms with van der Waals surface area (Å²) in [7, 11) is 0. The number of rotatable bonds is 5. The lowest BCUT2D eigenvalue weighted by atomic mass is 10.2. The van der Waals surface area contributed by atoms with E-state index in [0.717, 1.165) is 10.0 Å². The van der Waals surface area contributed by atoms with Crippen LogP contribution in [0.2, 0.25) is 0 Å². The van der Waals surface area contributed by atoms with E-state index < -0.39 is 0 Å². The lowest BCUT2D eigenvalue weighted by Crippen LogP contribution is -2.20. The lowest BCUT2D eigenvalue weighted by Gasteiger charge is -2.09. The second-order valence-corrected chi connectivity index (χ2v) is 6.56. The molecule has 1 aromatic heterocycles. The molecule has 1 amide bonds. The summed E-state index contributed by atoms with van der Waals surface area (Å²) in [5.74, 6) is 0.111. The van der Waals surface area contributed by atoms with Gasteiger partial charge in [0.25, 0.3) is 0 Å². The van der Waals surface area contributed by atoms with Crippen LogP contribution in [0.4, 0.5) is 4.39 Å². The highest BCUT2D eigenvalue weighted by Gasteiger charge is 2.08. The summed E-state index contributed by atoms with van der Waals surface area (Å²) in [6.07, 6.45) is 6.52. The molecule has 2 aromatic carbocycles. The van der Waals surface area contributed by atoms with Crippen LogP contribution < -0.4 is 5.32 Å². The van der Waals surface area contributed by atoms with E-state index in [2.05, 4.69) is 26.2 Å². The monoisotopic (exact) mass is 413 g/mol. The molecule has 132 valence electrons. The summed E-state index contributed by atoms with van der Waals surface area (Å²) >= 11 is 3.43. The number of benzene rings is 2. The number of aryl methyl sites for hydroxylation is 1. The van der Waals surface area contributed by atoms with Crippen LogP contribution in [0, 0.1) is 12.7 Å². The SMILES string of the molecule is Cc1nccn1-c1ccc(CNC(=O)/C=C/c2ccccc2Br)cc1F. The average molecular weight is 414 g/mol. The molecule has 0 bridgehead atoms. The number of halogens is 2. The molecule has 3 rings (SSSR count). The maximum absolute atomic E-state index is 14.4. The number of carbonyl (C=O) groups excluding carboxylic acids is 1. The molecule has 1 N–H and O–H groups in total. The van der Waals surface area contributed by atoms with Crippen LogP contribution in [0.3, 0.4) is 0 Å². The molecule has 26 heavy (non-hydrogen) atoms. The van der Waals surface area contributed by atoms with Gasteiger partial charge in [-0.25, -0.2) is 9.37 Å². The van der Waals surface area contributed by atoms with E-state index in [1.165, 1.54) is 12.1 Å². The second-order valence-electron chi connectivity index (χ2n) is 5.70. The summed E-state index contributed by atoms with van der Waals surface area (Å²) in [5, 5.41) is 2.75. The van der Waals surface area contributed by atoms with Gasteiger partial charge >= 0.3 is 0 Å². The van der Waals surface area contributed by atoms with E-state index in [-0.39, 0.29) is 18.3 Å². The van der Waals surface area contributed by atoms with E-state index in [0.29, 0.717) is 17.1 Å². The van der Waals surface area contributed by atoms with Crippen LogP contribution in [-0.2, 0) is 11.3 Å². The fraction of sp³-hybridized carbons (Fsp3) is 0.100. The third-order valence-corrected chi connectivity index (χ3v) is 4.61. The molecule has 0 radical (unpaired) electrons. The highest BCUT2D eigenvalue weighted by atomic mass is 79.9. The van der Waals surface area contributed by atoms with Crippen LogP contribution in [-0.4, -0.2) is 15.5 Å². The Bertz CT molecular complexity index is 965. The fourth-order valence-electron chi connectivity index (χ4n) is 2.51. The molecule has 0 atom stereocenters. The van der Waals surface area contributed by atoms with Crippen molar-refractivity contribution in [2.45, 2.75) is 13.5 Å². The first-order valence-corrected chi connectivity index (χ1v) is 8.83. The van der Waals surface area contributed by atoms with Gasteiger partial charge in [0, 0.05) is 29.5 Å². The maximum Gasteiger partial charge on any atom is 0.244 e. The minimum atomic E-state index is -0.360. The molecule has 0 spiro atoms. The van der Waals surface area contributed by atoms with Crippen LogP contribution in [0.1, 0.15) is 17.0 Å². The summed E-state index contributed by atoms with van der Waals surface area (Å²) in [6.45, 7) is 2.06. The summed E-state index contributed by atoms with van der Waals surface area (Å²) in [6, 6.07) is 12.5. The van der Waals surface area contributed by atoms with Crippen LogP contribution in [0.5, 0.6) is 0 Å². The third-order valence-electron chi connectivity index (χ3n) is 3.88. The zero-order chi connectivity index (χ0) is 18.5. The van der Waals surface area contributed by atoms with Crippen molar-refractivity contribution in [2.75, 3.05) is 0 Å². The van der Waals surface area contributed by atoms with Gasteiger partial charge < -0.3 is 9.88 Å². The van der Waals surface area contributed by atoms with Gasteiger partial charge in [-0.3, -0.25) is 4.79 Å².